The van der Waals surface area contributed by atoms with Crippen LogP contribution in [0.2, 0.25) is 0 Å². The zero-order valence-corrected chi connectivity index (χ0v) is 19.5. The molecule has 0 nitrogen and oxygen atoms in total. The van der Waals surface area contributed by atoms with Gasteiger partial charge in [0, 0.05) is 5.56 Å². The summed E-state index contributed by atoms with van der Waals surface area (Å²) in [7, 11) is 0. The van der Waals surface area contributed by atoms with Crippen LogP contribution < -0.4 is 0 Å². The van der Waals surface area contributed by atoms with Crippen LogP contribution in [0.5, 0.6) is 0 Å². The first-order valence-corrected chi connectivity index (χ1v) is 11.7. The Morgan fingerprint density at radius 3 is 2.00 bits per heavy atom. The number of hydrogen-bond donors (Lipinski definition) is 0. The predicted molar refractivity (Wildman–Crippen MR) is 136 cm³/mol. The molecule has 0 radical (unpaired) electrons. The molecule has 0 atom stereocenters. The van der Waals surface area contributed by atoms with Gasteiger partial charge in [-0.3, -0.25) is 0 Å². The minimum absolute atomic E-state index is 0.208. The van der Waals surface area contributed by atoms with Gasteiger partial charge in [0.05, 0.1) is 0 Å². The van der Waals surface area contributed by atoms with E-state index in [9.17, 15) is 13.2 Å². The van der Waals surface area contributed by atoms with Crippen molar-refractivity contribution in [1.82, 2.24) is 0 Å². The summed E-state index contributed by atoms with van der Waals surface area (Å²) >= 11 is 0. The fourth-order valence-corrected chi connectivity index (χ4v) is 3.88. The summed E-state index contributed by atoms with van der Waals surface area (Å²) in [5.74, 6) is -0.902. The molecule has 3 aromatic carbocycles. The molecule has 3 heteroatoms. The maximum Gasteiger partial charge on any atom is 0.131 e. The van der Waals surface area contributed by atoms with Gasteiger partial charge in [0.15, 0.2) is 0 Å². The Kier molecular flexibility index (Phi) is 9.51. The average molecular weight is 461 g/mol. The fourth-order valence-electron chi connectivity index (χ4n) is 3.88. The molecule has 3 aromatic rings. The second-order valence-electron chi connectivity index (χ2n) is 8.43. The molecular weight excluding hydrogens is 429 g/mol. The predicted octanol–water partition coefficient (Wildman–Crippen LogP) is 8.74. The van der Waals surface area contributed by atoms with E-state index in [0.717, 1.165) is 36.8 Å². The molecule has 0 aliphatic heterocycles. The van der Waals surface area contributed by atoms with Crippen molar-refractivity contribution < 1.29 is 13.2 Å². The zero-order chi connectivity index (χ0) is 24.3. The third-order valence-electron chi connectivity index (χ3n) is 5.86. The van der Waals surface area contributed by atoms with E-state index in [1.165, 1.54) is 12.1 Å². The van der Waals surface area contributed by atoms with Crippen molar-refractivity contribution in [3.8, 4) is 11.1 Å². The van der Waals surface area contributed by atoms with E-state index < -0.39 is 0 Å². The van der Waals surface area contributed by atoms with Crippen LogP contribution in [-0.2, 0) is 25.7 Å². The number of allylic oxidation sites excluding steroid dienone is 4. The topological polar surface area (TPSA) is 0 Å². The third kappa shape index (κ3) is 7.08. The lowest BCUT2D eigenvalue weighted by atomic mass is 9.98. The van der Waals surface area contributed by atoms with Gasteiger partial charge in [-0.2, -0.15) is 0 Å². The van der Waals surface area contributed by atoms with Crippen molar-refractivity contribution in [3.05, 3.63) is 132 Å². The molecule has 0 bridgehead atoms. The zero-order valence-electron chi connectivity index (χ0n) is 19.5. The second-order valence-corrected chi connectivity index (χ2v) is 8.43. The number of rotatable bonds is 12. The Labute approximate surface area is 201 Å². The lowest BCUT2D eigenvalue weighted by Gasteiger charge is -2.08. The maximum absolute atomic E-state index is 14.8. The second kappa shape index (κ2) is 12.8. The molecule has 0 aromatic heterocycles. The molecule has 0 saturated carbocycles. The smallest absolute Gasteiger partial charge is 0.131 e. The minimum Gasteiger partial charge on any atom is -0.207 e. The summed E-state index contributed by atoms with van der Waals surface area (Å²) in [5.41, 5.74) is 3.94. The Bertz CT molecular complexity index is 1160. The molecule has 0 aliphatic carbocycles. The number of halogens is 3. The highest BCUT2D eigenvalue weighted by Gasteiger charge is 2.10. The van der Waals surface area contributed by atoms with E-state index in [-0.39, 0.29) is 17.5 Å². The minimum atomic E-state index is -0.383. The third-order valence-corrected chi connectivity index (χ3v) is 5.86. The van der Waals surface area contributed by atoms with E-state index in [4.69, 9.17) is 0 Å². The quantitative estimate of drug-likeness (QED) is 0.187. The molecule has 0 aliphatic rings. The van der Waals surface area contributed by atoms with Gasteiger partial charge in [0.1, 0.15) is 17.5 Å². The summed E-state index contributed by atoms with van der Waals surface area (Å²) in [6.45, 7) is 7.37. The highest BCUT2D eigenvalue weighted by Crippen LogP contribution is 2.26. The Morgan fingerprint density at radius 1 is 0.618 bits per heavy atom. The fraction of sp³-hybridized carbons (Fsp3) is 0.226. The summed E-state index contributed by atoms with van der Waals surface area (Å²) in [6, 6.07) is 15.2. The lowest BCUT2D eigenvalue weighted by molar-refractivity contribution is 0.604. The molecule has 0 saturated heterocycles. The Balaban J connectivity index is 1.60. The summed E-state index contributed by atoms with van der Waals surface area (Å²) < 4.78 is 43.5. The van der Waals surface area contributed by atoms with Gasteiger partial charge in [0.25, 0.3) is 0 Å². The maximum atomic E-state index is 14.8. The highest BCUT2D eigenvalue weighted by molar-refractivity contribution is 5.65. The van der Waals surface area contributed by atoms with Crippen LogP contribution in [0.4, 0.5) is 13.2 Å². The number of unbranched alkanes of at least 4 members (excludes halogenated alkanes) is 1. The van der Waals surface area contributed by atoms with Crippen molar-refractivity contribution in [3.63, 3.8) is 0 Å². The first-order chi connectivity index (χ1) is 16.5. The highest BCUT2D eigenvalue weighted by atomic mass is 19.1. The Hall–Kier alpha value is -3.33. The largest absolute Gasteiger partial charge is 0.207 e. The number of aryl methyl sites for hydroxylation is 2. The van der Waals surface area contributed by atoms with E-state index in [1.807, 2.05) is 42.5 Å². The van der Waals surface area contributed by atoms with Crippen molar-refractivity contribution in [2.24, 2.45) is 0 Å². The van der Waals surface area contributed by atoms with Crippen molar-refractivity contribution >= 4 is 0 Å². The van der Waals surface area contributed by atoms with Gasteiger partial charge in [-0.25, -0.2) is 13.2 Å². The van der Waals surface area contributed by atoms with Crippen LogP contribution in [0, 0.1) is 17.5 Å². The van der Waals surface area contributed by atoms with Crippen LogP contribution in [-0.4, -0.2) is 0 Å². The van der Waals surface area contributed by atoms with E-state index >= 15 is 0 Å². The van der Waals surface area contributed by atoms with Crippen LogP contribution in [0.15, 0.2) is 92.1 Å². The molecule has 0 spiro atoms. The van der Waals surface area contributed by atoms with Crippen LogP contribution >= 0.6 is 0 Å². The van der Waals surface area contributed by atoms with Crippen LogP contribution in [0.3, 0.4) is 0 Å². The SMILES string of the molecule is C=CCCCc1ccc(-c2ccc(C/C=C/Cc3ccc(CCC=C)cc3F)cc2F)cc1F. The first-order valence-electron chi connectivity index (χ1n) is 11.7. The molecule has 3 rings (SSSR count). The van der Waals surface area contributed by atoms with E-state index in [0.29, 0.717) is 41.5 Å². The van der Waals surface area contributed by atoms with Crippen LogP contribution in [0.1, 0.15) is 41.5 Å². The van der Waals surface area contributed by atoms with Crippen LogP contribution in [0.25, 0.3) is 11.1 Å². The standard InChI is InChI=1S/C31H31F3/c1-3-5-7-12-26-17-18-27(22-30(26)33)28-19-15-24(21-31(28)34)11-8-9-13-25-16-14-23(10-6-4-2)20-29(25)32/h3-4,8-9,14-22H,1-2,5-7,10-13H2/b9-8+. The van der Waals surface area contributed by atoms with Gasteiger partial charge in [-0.1, -0.05) is 60.7 Å². The molecule has 0 N–H and O–H groups in total. The monoisotopic (exact) mass is 460 g/mol. The molecular formula is C31H31F3. The number of benzene rings is 3. The van der Waals surface area contributed by atoms with Crippen molar-refractivity contribution in [2.45, 2.75) is 44.9 Å². The molecule has 0 fully saturated rings. The summed E-state index contributed by atoms with van der Waals surface area (Å²) in [5, 5.41) is 0. The molecule has 0 unspecified atom stereocenters. The van der Waals surface area contributed by atoms with Gasteiger partial charge >= 0.3 is 0 Å². The lowest BCUT2D eigenvalue weighted by Crippen LogP contribution is -1.94. The van der Waals surface area contributed by atoms with Gasteiger partial charge in [0.2, 0.25) is 0 Å². The molecule has 34 heavy (non-hydrogen) atoms. The van der Waals surface area contributed by atoms with Gasteiger partial charge < -0.3 is 0 Å². The average Bonchev–Trinajstić information content (AvgIpc) is 2.82. The van der Waals surface area contributed by atoms with Gasteiger partial charge in [-0.05, 0) is 91.0 Å². The summed E-state index contributed by atoms with van der Waals surface area (Å²) in [4.78, 5) is 0. The molecule has 0 amide bonds. The van der Waals surface area contributed by atoms with Crippen molar-refractivity contribution in [1.29, 1.82) is 0 Å². The Morgan fingerprint density at radius 2 is 1.29 bits per heavy atom. The van der Waals surface area contributed by atoms with E-state index in [1.54, 1.807) is 24.3 Å². The normalized spacial score (nSPS) is 11.1. The summed E-state index contributed by atoms with van der Waals surface area (Å²) in [6.07, 6.45) is 12.4. The van der Waals surface area contributed by atoms with Gasteiger partial charge in [-0.15, -0.1) is 13.2 Å². The number of hydrogen-bond acceptors (Lipinski definition) is 0. The molecule has 176 valence electrons. The van der Waals surface area contributed by atoms with E-state index in [2.05, 4.69) is 13.2 Å². The molecule has 0 heterocycles. The first kappa shape index (κ1) is 25.3. The van der Waals surface area contributed by atoms with Crippen molar-refractivity contribution in [2.75, 3.05) is 0 Å².